The molecule has 0 fully saturated rings. The maximum absolute atomic E-state index is 12.2. The minimum Gasteiger partial charge on any atom is -0.398 e. The standard InChI is InChI=1S/C8H7F2N3O2/c9-8(10)7(12)5-3-4(13(14)15)1-2-6(5)11/h1-3,8,12H,11H2. The SMILES string of the molecule is N=C(c1cc([N+](=O)[O-])ccc1N)C(F)F. The number of nitro groups is 1. The van der Waals surface area contributed by atoms with Crippen LogP contribution in [-0.2, 0) is 0 Å². The van der Waals surface area contributed by atoms with Gasteiger partial charge < -0.3 is 5.73 Å². The van der Waals surface area contributed by atoms with Crippen molar-refractivity contribution in [2.24, 2.45) is 0 Å². The Labute approximate surface area is 83.2 Å². The van der Waals surface area contributed by atoms with Crippen LogP contribution in [0, 0.1) is 15.5 Å². The second-order valence-electron chi connectivity index (χ2n) is 2.74. The molecule has 80 valence electrons. The van der Waals surface area contributed by atoms with Crippen LogP contribution in [0.25, 0.3) is 0 Å². The molecule has 1 rings (SSSR count). The Bertz CT molecular complexity index is 420. The third-order valence-corrected chi connectivity index (χ3v) is 1.76. The lowest BCUT2D eigenvalue weighted by Gasteiger charge is -2.05. The van der Waals surface area contributed by atoms with Gasteiger partial charge in [-0.3, -0.25) is 15.5 Å². The van der Waals surface area contributed by atoms with E-state index < -0.39 is 17.1 Å². The molecule has 0 unspecified atom stereocenters. The number of nitrogens with zero attached hydrogens (tertiary/aromatic N) is 1. The third kappa shape index (κ3) is 2.25. The number of nitrogens with one attached hydrogen (secondary N) is 1. The summed E-state index contributed by atoms with van der Waals surface area (Å²) in [6.07, 6.45) is -3.01. The summed E-state index contributed by atoms with van der Waals surface area (Å²) in [6.45, 7) is 0. The molecule has 1 aromatic carbocycles. The Morgan fingerprint density at radius 1 is 1.53 bits per heavy atom. The summed E-state index contributed by atoms with van der Waals surface area (Å²) >= 11 is 0. The van der Waals surface area contributed by atoms with Crippen LogP contribution >= 0.6 is 0 Å². The number of nitrogen functional groups attached to an aromatic ring is 1. The van der Waals surface area contributed by atoms with E-state index in [4.69, 9.17) is 11.1 Å². The Balaban J connectivity index is 3.22. The van der Waals surface area contributed by atoms with Crippen molar-refractivity contribution in [2.75, 3.05) is 5.73 Å². The second kappa shape index (κ2) is 3.99. The number of nitrogens with two attached hydrogens (primary N) is 1. The maximum Gasteiger partial charge on any atom is 0.280 e. The van der Waals surface area contributed by atoms with Crippen LogP contribution in [0.1, 0.15) is 5.56 Å². The van der Waals surface area contributed by atoms with Crippen molar-refractivity contribution in [1.29, 1.82) is 5.41 Å². The highest BCUT2D eigenvalue weighted by Gasteiger charge is 2.18. The van der Waals surface area contributed by atoms with Gasteiger partial charge in [0.2, 0.25) is 0 Å². The van der Waals surface area contributed by atoms with Gasteiger partial charge in [-0.05, 0) is 6.07 Å². The number of non-ortho nitro benzene ring substituents is 1. The van der Waals surface area contributed by atoms with E-state index in [9.17, 15) is 18.9 Å². The predicted octanol–water partition coefficient (Wildman–Crippen LogP) is 1.81. The van der Waals surface area contributed by atoms with Crippen molar-refractivity contribution >= 4 is 17.1 Å². The van der Waals surface area contributed by atoms with Gasteiger partial charge in [0.15, 0.2) is 0 Å². The maximum atomic E-state index is 12.2. The van der Waals surface area contributed by atoms with Crippen LogP contribution in [0.4, 0.5) is 20.2 Å². The monoisotopic (exact) mass is 215 g/mol. The first kappa shape index (κ1) is 11.0. The highest BCUT2D eigenvalue weighted by Crippen LogP contribution is 2.21. The van der Waals surface area contributed by atoms with Crippen molar-refractivity contribution in [3.8, 4) is 0 Å². The Kier molecular flexibility index (Phi) is 2.93. The average molecular weight is 215 g/mol. The van der Waals surface area contributed by atoms with Gasteiger partial charge in [0.1, 0.15) is 5.71 Å². The highest BCUT2D eigenvalue weighted by atomic mass is 19.3. The first-order valence-electron chi connectivity index (χ1n) is 3.84. The molecule has 0 aliphatic rings. The Hall–Kier alpha value is -2.05. The smallest absolute Gasteiger partial charge is 0.280 e. The minimum atomic E-state index is -3.01. The zero-order chi connectivity index (χ0) is 11.6. The zero-order valence-corrected chi connectivity index (χ0v) is 7.41. The Morgan fingerprint density at radius 3 is 2.60 bits per heavy atom. The number of halogens is 2. The fourth-order valence-electron chi connectivity index (χ4n) is 1.01. The topological polar surface area (TPSA) is 93.0 Å². The average Bonchev–Trinajstić information content (AvgIpc) is 2.16. The molecule has 0 bridgehead atoms. The van der Waals surface area contributed by atoms with Crippen molar-refractivity contribution in [1.82, 2.24) is 0 Å². The van der Waals surface area contributed by atoms with Gasteiger partial charge in [-0.15, -0.1) is 0 Å². The van der Waals surface area contributed by atoms with E-state index in [0.29, 0.717) is 0 Å². The molecule has 0 amide bonds. The lowest BCUT2D eigenvalue weighted by atomic mass is 10.1. The number of nitro benzene ring substituents is 1. The van der Waals surface area contributed by atoms with Gasteiger partial charge in [-0.2, -0.15) is 0 Å². The zero-order valence-electron chi connectivity index (χ0n) is 7.41. The van der Waals surface area contributed by atoms with Crippen LogP contribution in [0.5, 0.6) is 0 Å². The molecule has 0 heterocycles. The van der Waals surface area contributed by atoms with E-state index in [2.05, 4.69) is 0 Å². The van der Waals surface area contributed by atoms with E-state index in [1.54, 1.807) is 0 Å². The largest absolute Gasteiger partial charge is 0.398 e. The van der Waals surface area contributed by atoms with Gasteiger partial charge >= 0.3 is 0 Å². The molecule has 3 N–H and O–H groups in total. The molecule has 0 aliphatic carbocycles. The van der Waals surface area contributed by atoms with Crippen molar-refractivity contribution < 1.29 is 13.7 Å². The quantitative estimate of drug-likeness (QED) is 0.348. The molecule has 0 radical (unpaired) electrons. The summed E-state index contributed by atoms with van der Waals surface area (Å²) in [5.74, 6) is 0. The van der Waals surface area contributed by atoms with Crippen LogP contribution in [-0.4, -0.2) is 17.1 Å². The molecule has 0 saturated carbocycles. The van der Waals surface area contributed by atoms with E-state index in [1.165, 1.54) is 0 Å². The normalized spacial score (nSPS) is 10.3. The molecule has 0 spiro atoms. The number of hydrogen-bond acceptors (Lipinski definition) is 4. The second-order valence-corrected chi connectivity index (χ2v) is 2.74. The van der Waals surface area contributed by atoms with Crippen molar-refractivity contribution in [3.05, 3.63) is 33.9 Å². The van der Waals surface area contributed by atoms with Crippen LogP contribution in [0.2, 0.25) is 0 Å². The lowest BCUT2D eigenvalue weighted by molar-refractivity contribution is -0.384. The number of anilines is 1. The van der Waals surface area contributed by atoms with Gasteiger partial charge in [-0.1, -0.05) is 0 Å². The summed E-state index contributed by atoms with van der Waals surface area (Å²) in [7, 11) is 0. The molecule has 5 nitrogen and oxygen atoms in total. The summed E-state index contributed by atoms with van der Waals surface area (Å²) in [5, 5.41) is 17.4. The molecule has 0 saturated heterocycles. The number of hydrogen-bond donors (Lipinski definition) is 2. The summed E-state index contributed by atoms with van der Waals surface area (Å²) in [4.78, 5) is 9.63. The van der Waals surface area contributed by atoms with Gasteiger partial charge in [0.05, 0.1) is 4.92 Å². The molecule has 7 heteroatoms. The first-order valence-corrected chi connectivity index (χ1v) is 3.84. The summed E-state index contributed by atoms with van der Waals surface area (Å²) in [6, 6.07) is 3.09. The number of alkyl halides is 2. The van der Waals surface area contributed by atoms with E-state index in [0.717, 1.165) is 18.2 Å². The molecule has 15 heavy (non-hydrogen) atoms. The Morgan fingerprint density at radius 2 is 2.13 bits per heavy atom. The fraction of sp³-hybridized carbons (Fsp3) is 0.125. The van der Waals surface area contributed by atoms with E-state index in [-0.39, 0.29) is 16.9 Å². The highest BCUT2D eigenvalue weighted by molar-refractivity contribution is 6.05. The summed E-state index contributed by atoms with van der Waals surface area (Å²) in [5.41, 5.74) is 3.56. The summed E-state index contributed by atoms with van der Waals surface area (Å²) < 4.78 is 24.4. The molecule has 1 aromatic rings. The molecule has 0 atom stereocenters. The molecule has 0 aliphatic heterocycles. The van der Waals surface area contributed by atoms with Crippen molar-refractivity contribution in [3.63, 3.8) is 0 Å². The molecular weight excluding hydrogens is 208 g/mol. The third-order valence-electron chi connectivity index (χ3n) is 1.76. The van der Waals surface area contributed by atoms with Crippen molar-refractivity contribution in [2.45, 2.75) is 6.43 Å². The minimum absolute atomic E-state index is 0.0779. The van der Waals surface area contributed by atoms with Crippen LogP contribution in [0.3, 0.4) is 0 Å². The number of rotatable bonds is 3. The van der Waals surface area contributed by atoms with Crippen LogP contribution < -0.4 is 5.73 Å². The van der Waals surface area contributed by atoms with Gasteiger partial charge in [0.25, 0.3) is 12.1 Å². The molecule has 0 aromatic heterocycles. The number of benzene rings is 1. The fourth-order valence-corrected chi connectivity index (χ4v) is 1.01. The predicted molar refractivity (Wildman–Crippen MR) is 50.3 cm³/mol. The van der Waals surface area contributed by atoms with E-state index >= 15 is 0 Å². The lowest BCUT2D eigenvalue weighted by Crippen LogP contribution is -2.13. The van der Waals surface area contributed by atoms with Gasteiger partial charge in [0, 0.05) is 23.4 Å². The van der Waals surface area contributed by atoms with Crippen LogP contribution in [0.15, 0.2) is 18.2 Å². The first-order chi connectivity index (χ1) is 6.93. The molecular formula is C8H7F2N3O2. The van der Waals surface area contributed by atoms with E-state index in [1.807, 2.05) is 0 Å². The van der Waals surface area contributed by atoms with Gasteiger partial charge in [-0.25, -0.2) is 8.78 Å².